The maximum atomic E-state index is 11.9. The van der Waals surface area contributed by atoms with Gasteiger partial charge in [-0.05, 0) is 48.7 Å². The van der Waals surface area contributed by atoms with E-state index in [1.807, 2.05) is 61.5 Å². The molecule has 0 saturated carbocycles. The molecule has 1 amide bonds. The van der Waals surface area contributed by atoms with Crippen LogP contribution in [0.2, 0.25) is 0 Å². The monoisotopic (exact) mass is 338 g/mol. The fraction of sp³-hybridized carbons (Fsp3) is 0.333. The van der Waals surface area contributed by atoms with Crippen molar-refractivity contribution in [2.75, 3.05) is 6.61 Å². The summed E-state index contributed by atoms with van der Waals surface area (Å²) in [6, 6.07) is 17.4. The molecule has 132 valence electrons. The molecule has 4 nitrogen and oxygen atoms in total. The van der Waals surface area contributed by atoms with Crippen LogP contribution in [0.1, 0.15) is 44.2 Å². The van der Waals surface area contributed by atoms with E-state index in [-0.39, 0.29) is 5.91 Å². The van der Waals surface area contributed by atoms with Gasteiger partial charge >= 0.3 is 0 Å². The molecule has 0 fully saturated rings. The summed E-state index contributed by atoms with van der Waals surface area (Å²) in [4.78, 5) is 11.9. The molecule has 0 aliphatic heterocycles. The first-order valence-corrected chi connectivity index (χ1v) is 8.79. The van der Waals surface area contributed by atoms with E-state index in [1.165, 1.54) is 12.8 Å². The Morgan fingerprint density at radius 3 is 2.44 bits per heavy atom. The third kappa shape index (κ3) is 6.79. The van der Waals surface area contributed by atoms with E-state index < -0.39 is 0 Å². The number of hydrazone groups is 1. The van der Waals surface area contributed by atoms with Crippen LogP contribution in [0.5, 0.6) is 5.75 Å². The molecule has 0 radical (unpaired) electrons. The van der Waals surface area contributed by atoms with E-state index in [9.17, 15) is 4.79 Å². The highest BCUT2D eigenvalue weighted by Crippen LogP contribution is 2.13. The number of benzene rings is 2. The lowest BCUT2D eigenvalue weighted by atomic mass is 10.1. The predicted molar refractivity (Wildman–Crippen MR) is 102 cm³/mol. The van der Waals surface area contributed by atoms with Crippen LogP contribution in [-0.2, 0) is 11.2 Å². The zero-order valence-corrected chi connectivity index (χ0v) is 15.0. The Bertz CT molecular complexity index is 679. The molecule has 4 heteroatoms. The lowest BCUT2D eigenvalue weighted by Crippen LogP contribution is -2.21. The summed E-state index contributed by atoms with van der Waals surface area (Å²) in [5.74, 6) is 0.738. The molecule has 2 aromatic rings. The first kappa shape index (κ1) is 18.7. The first-order chi connectivity index (χ1) is 12.2. The van der Waals surface area contributed by atoms with Gasteiger partial charge in [0, 0.05) is 0 Å². The Morgan fingerprint density at radius 2 is 1.76 bits per heavy atom. The largest absolute Gasteiger partial charge is 0.494 e. The fourth-order valence-corrected chi connectivity index (χ4v) is 2.37. The molecule has 0 aliphatic carbocycles. The number of nitrogens with zero attached hydrogens (tertiary/aromatic N) is 1. The van der Waals surface area contributed by atoms with E-state index in [0.29, 0.717) is 6.42 Å². The van der Waals surface area contributed by atoms with E-state index in [4.69, 9.17) is 4.74 Å². The molecule has 0 aliphatic rings. The second kappa shape index (κ2) is 10.3. The van der Waals surface area contributed by atoms with Crippen LogP contribution in [0.15, 0.2) is 59.7 Å². The predicted octanol–water partition coefficient (Wildman–Crippen LogP) is 4.34. The fourth-order valence-electron chi connectivity index (χ4n) is 2.37. The summed E-state index contributed by atoms with van der Waals surface area (Å²) in [6.45, 7) is 4.80. The van der Waals surface area contributed by atoms with Crippen molar-refractivity contribution in [1.29, 1.82) is 0 Å². The number of rotatable bonds is 9. The summed E-state index contributed by atoms with van der Waals surface area (Å²) in [5, 5.41) is 4.18. The number of unbranched alkanes of at least 4 members (excludes halogenated alkanes) is 2. The number of ether oxygens (including phenoxy) is 1. The van der Waals surface area contributed by atoms with Gasteiger partial charge in [-0.15, -0.1) is 0 Å². The molecular weight excluding hydrogens is 312 g/mol. The molecule has 0 unspecified atom stereocenters. The summed E-state index contributed by atoms with van der Waals surface area (Å²) in [7, 11) is 0. The summed E-state index contributed by atoms with van der Waals surface area (Å²) >= 11 is 0. The van der Waals surface area contributed by atoms with Crippen LogP contribution < -0.4 is 10.2 Å². The van der Waals surface area contributed by atoms with Crippen LogP contribution in [-0.4, -0.2) is 18.2 Å². The molecule has 25 heavy (non-hydrogen) atoms. The molecular formula is C21H26N2O2. The van der Waals surface area contributed by atoms with Crippen molar-refractivity contribution >= 4 is 11.6 Å². The van der Waals surface area contributed by atoms with Crippen LogP contribution in [0.25, 0.3) is 0 Å². The number of hydrogen-bond donors (Lipinski definition) is 1. The van der Waals surface area contributed by atoms with Gasteiger partial charge in [-0.25, -0.2) is 5.43 Å². The van der Waals surface area contributed by atoms with Crippen LogP contribution >= 0.6 is 0 Å². The highest BCUT2D eigenvalue weighted by molar-refractivity contribution is 5.99. The third-order valence-corrected chi connectivity index (χ3v) is 3.84. The van der Waals surface area contributed by atoms with Gasteiger partial charge in [-0.3, -0.25) is 4.79 Å². The minimum absolute atomic E-state index is 0.124. The normalized spacial score (nSPS) is 11.2. The molecule has 0 spiro atoms. The van der Waals surface area contributed by atoms with Crippen molar-refractivity contribution in [2.45, 2.75) is 39.5 Å². The smallest absolute Gasteiger partial charge is 0.244 e. The number of hydrogen-bond acceptors (Lipinski definition) is 3. The summed E-state index contributed by atoms with van der Waals surface area (Å²) in [5.41, 5.74) is 5.30. The number of carbonyl (C=O) groups is 1. The van der Waals surface area contributed by atoms with E-state index in [0.717, 1.165) is 35.6 Å². The van der Waals surface area contributed by atoms with Crippen molar-refractivity contribution in [2.24, 2.45) is 5.10 Å². The molecule has 0 saturated heterocycles. The lowest BCUT2D eigenvalue weighted by Gasteiger charge is -2.07. The van der Waals surface area contributed by atoms with Crippen LogP contribution in [0.3, 0.4) is 0 Å². The Labute approximate surface area is 149 Å². The average molecular weight is 338 g/mol. The summed E-state index contributed by atoms with van der Waals surface area (Å²) < 4.78 is 5.70. The highest BCUT2D eigenvalue weighted by Gasteiger charge is 2.03. The number of nitrogens with one attached hydrogen (secondary N) is 1. The second-order valence-corrected chi connectivity index (χ2v) is 5.97. The van der Waals surface area contributed by atoms with Crippen molar-refractivity contribution < 1.29 is 9.53 Å². The molecule has 1 N–H and O–H groups in total. The Hall–Kier alpha value is -2.62. The van der Waals surface area contributed by atoms with Crippen molar-refractivity contribution in [3.63, 3.8) is 0 Å². The topological polar surface area (TPSA) is 50.7 Å². The Balaban J connectivity index is 1.83. The lowest BCUT2D eigenvalue weighted by molar-refractivity contribution is -0.120. The molecule has 2 aromatic carbocycles. The zero-order valence-electron chi connectivity index (χ0n) is 15.0. The molecule has 2 rings (SSSR count). The average Bonchev–Trinajstić information content (AvgIpc) is 2.64. The van der Waals surface area contributed by atoms with Gasteiger partial charge in [-0.1, -0.05) is 50.1 Å². The zero-order chi connectivity index (χ0) is 17.9. The number of amides is 1. The first-order valence-electron chi connectivity index (χ1n) is 8.79. The van der Waals surface area contributed by atoms with E-state index in [2.05, 4.69) is 17.5 Å². The maximum Gasteiger partial charge on any atom is 0.244 e. The maximum absolute atomic E-state index is 11.9. The highest BCUT2D eigenvalue weighted by atomic mass is 16.5. The van der Waals surface area contributed by atoms with Gasteiger partial charge in [0.15, 0.2) is 0 Å². The van der Waals surface area contributed by atoms with E-state index in [1.54, 1.807) is 0 Å². The minimum Gasteiger partial charge on any atom is -0.494 e. The van der Waals surface area contributed by atoms with Gasteiger partial charge in [0.2, 0.25) is 5.91 Å². The molecule has 0 bridgehead atoms. The van der Waals surface area contributed by atoms with Crippen LogP contribution in [0, 0.1) is 0 Å². The van der Waals surface area contributed by atoms with Crippen LogP contribution in [0.4, 0.5) is 0 Å². The van der Waals surface area contributed by atoms with Crippen molar-refractivity contribution in [1.82, 2.24) is 5.43 Å². The van der Waals surface area contributed by atoms with Gasteiger partial charge in [0.05, 0.1) is 18.7 Å². The number of carbonyl (C=O) groups excluding carboxylic acids is 1. The molecule has 0 atom stereocenters. The van der Waals surface area contributed by atoms with Gasteiger partial charge in [0.25, 0.3) is 0 Å². The van der Waals surface area contributed by atoms with Gasteiger partial charge < -0.3 is 4.74 Å². The third-order valence-electron chi connectivity index (χ3n) is 3.84. The van der Waals surface area contributed by atoms with Gasteiger partial charge in [0.1, 0.15) is 5.75 Å². The van der Waals surface area contributed by atoms with Crippen molar-refractivity contribution in [3.8, 4) is 5.75 Å². The Kier molecular flexibility index (Phi) is 7.70. The van der Waals surface area contributed by atoms with Gasteiger partial charge in [-0.2, -0.15) is 5.10 Å². The molecule has 0 heterocycles. The quantitative estimate of drug-likeness (QED) is 0.420. The SMILES string of the molecule is CCCCCOc1ccc(/C(C)=N/NC(=O)Cc2ccccc2)cc1. The standard InChI is InChI=1S/C21H26N2O2/c1-3-4-8-15-25-20-13-11-19(12-14-20)17(2)22-23-21(24)16-18-9-6-5-7-10-18/h5-7,9-14H,3-4,8,15-16H2,1-2H3,(H,23,24)/b22-17+. The Morgan fingerprint density at radius 1 is 1.04 bits per heavy atom. The minimum atomic E-state index is -0.124. The van der Waals surface area contributed by atoms with Crippen molar-refractivity contribution in [3.05, 3.63) is 65.7 Å². The second-order valence-electron chi connectivity index (χ2n) is 5.97. The summed E-state index contributed by atoms with van der Waals surface area (Å²) in [6.07, 6.45) is 3.77. The van der Waals surface area contributed by atoms with E-state index >= 15 is 0 Å². The molecule has 0 aromatic heterocycles.